The van der Waals surface area contributed by atoms with E-state index in [4.69, 9.17) is 10.5 Å². The predicted octanol–water partition coefficient (Wildman–Crippen LogP) is 1.09. The zero-order valence-corrected chi connectivity index (χ0v) is 8.10. The summed E-state index contributed by atoms with van der Waals surface area (Å²) in [4.78, 5) is 20.9. The van der Waals surface area contributed by atoms with Gasteiger partial charge in [-0.05, 0) is 13.0 Å². The smallest absolute Gasteiger partial charge is 0.273 e. The summed E-state index contributed by atoms with van der Waals surface area (Å²) < 4.78 is 5.08. The van der Waals surface area contributed by atoms with Crippen molar-refractivity contribution in [2.24, 2.45) is 5.73 Å². The summed E-state index contributed by atoms with van der Waals surface area (Å²) in [6.07, 6.45) is 0. The van der Waals surface area contributed by atoms with E-state index >= 15 is 0 Å². The Morgan fingerprint density at radius 1 is 1.60 bits per heavy atom. The van der Waals surface area contributed by atoms with Gasteiger partial charge in [0.25, 0.3) is 11.6 Å². The number of nitro benzene ring substituents is 1. The van der Waals surface area contributed by atoms with Gasteiger partial charge in [0.1, 0.15) is 5.75 Å². The molecule has 0 fully saturated rings. The Bertz CT molecular complexity index is 403. The van der Waals surface area contributed by atoms with E-state index < -0.39 is 10.8 Å². The van der Waals surface area contributed by atoms with Gasteiger partial charge in [0, 0.05) is 6.07 Å². The molecule has 80 valence electrons. The molecule has 0 aromatic heterocycles. The minimum absolute atomic E-state index is 0.136. The van der Waals surface area contributed by atoms with E-state index in [0.717, 1.165) is 0 Å². The van der Waals surface area contributed by atoms with Gasteiger partial charge in [-0.1, -0.05) is 0 Å². The first-order chi connectivity index (χ1) is 7.06. The second kappa shape index (κ2) is 4.41. The third kappa shape index (κ3) is 2.43. The van der Waals surface area contributed by atoms with E-state index in [1.165, 1.54) is 18.2 Å². The number of rotatable bonds is 4. The number of ether oxygens (including phenoxy) is 1. The molecule has 15 heavy (non-hydrogen) atoms. The molecule has 0 saturated heterocycles. The molecular weight excluding hydrogens is 200 g/mol. The first kappa shape index (κ1) is 11.0. The van der Waals surface area contributed by atoms with E-state index in [1.807, 2.05) is 0 Å². The topological polar surface area (TPSA) is 95.5 Å². The first-order valence-electron chi connectivity index (χ1n) is 4.27. The number of carbonyl (C=O) groups is 1. The molecule has 1 amide bonds. The third-order valence-corrected chi connectivity index (χ3v) is 1.74. The maximum Gasteiger partial charge on any atom is 0.273 e. The molecule has 1 rings (SSSR count). The lowest BCUT2D eigenvalue weighted by atomic mass is 10.1. The van der Waals surface area contributed by atoms with Crippen LogP contribution in [0.4, 0.5) is 5.69 Å². The Morgan fingerprint density at radius 2 is 2.27 bits per heavy atom. The first-order valence-corrected chi connectivity index (χ1v) is 4.27. The van der Waals surface area contributed by atoms with Crippen LogP contribution in [0.25, 0.3) is 0 Å². The summed E-state index contributed by atoms with van der Waals surface area (Å²) in [6.45, 7) is 2.02. The highest BCUT2D eigenvalue weighted by Crippen LogP contribution is 2.24. The van der Waals surface area contributed by atoms with Crippen LogP contribution in [0.5, 0.6) is 5.75 Å². The number of nitrogens with zero attached hydrogens (tertiary/aromatic N) is 1. The number of nitrogens with two attached hydrogens (primary N) is 1. The van der Waals surface area contributed by atoms with Crippen molar-refractivity contribution >= 4 is 11.6 Å². The van der Waals surface area contributed by atoms with Crippen molar-refractivity contribution in [1.82, 2.24) is 0 Å². The standard InChI is InChI=1S/C9H10N2O4/c1-2-15-8-5-6(11(13)14)3-4-7(8)9(10)12/h3-5H,2H2,1H3,(H2,10,12). The molecule has 1 aromatic carbocycles. The summed E-state index contributed by atoms with van der Waals surface area (Å²) in [5, 5.41) is 10.5. The summed E-state index contributed by atoms with van der Waals surface area (Å²) in [7, 11) is 0. The fourth-order valence-electron chi connectivity index (χ4n) is 1.10. The van der Waals surface area contributed by atoms with E-state index in [2.05, 4.69) is 0 Å². The van der Waals surface area contributed by atoms with Gasteiger partial charge in [0.2, 0.25) is 0 Å². The predicted molar refractivity (Wildman–Crippen MR) is 52.8 cm³/mol. The van der Waals surface area contributed by atoms with Crippen LogP contribution in [0.2, 0.25) is 0 Å². The summed E-state index contributed by atoms with van der Waals surface area (Å²) in [5.74, 6) is -0.535. The highest BCUT2D eigenvalue weighted by atomic mass is 16.6. The quantitative estimate of drug-likeness (QED) is 0.594. The van der Waals surface area contributed by atoms with Gasteiger partial charge >= 0.3 is 0 Å². The molecule has 6 nitrogen and oxygen atoms in total. The zero-order chi connectivity index (χ0) is 11.4. The summed E-state index contributed by atoms with van der Waals surface area (Å²) >= 11 is 0. The Morgan fingerprint density at radius 3 is 2.73 bits per heavy atom. The molecule has 6 heteroatoms. The SMILES string of the molecule is CCOc1cc([N+](=O)[O-])ccc1C(N)=O. The molecule has 0 radical (unpaired) electrons. The third-order valence-electron chi connectivity index (χ3n) is 1.74. The van der Waals surface area contributed by atoms with Crippen molar-refractivity contribution in [1.29, 1.82) is 0 Å². The number of benzene rings is 1. The molecule has 0 spiro atoms. The molecule has 2 N–H and O–H groups in total. The molecule has 0 bridgehead atoms. The molecule has 0 unspecified atom stereocenters. The molecule has 0 heterocycles. The van der Waals surface area contributed by atoms with E-state index in [1.54, 1.807) is 6.92 Å². The van der Waals surface area contributed by atoms with Crippen LogP contribution < -0.4 is 10.5 Å². The Kier molecular flexibility index (Phi) is 3.22. The number of hydrogen-bond acceptors (Lipinski definition) is 4. The van der Waals surface area contributed by atoms with Crippen LogP contribution in [0, 0.1) is 10.1 Å². The molecule has 1 aromatic rings. The van der Waals surface area contributed by atoms with Crippen LogP contribution >= 0.6 is 0 Å². The highest BCUT2D eigenvalue weighted by Gasteiger charge is 2.14. The van der Waals surface area contributed by atoms with Gasteiger partial charge in [0.15, 0.2) is 0 Å². The Labute approximate surface area is 85.8 Å². The molecule has 0 aliphatic rings. The van der Waals surface area contributed by atoms with Crippen molar-refractivity contribution in [2.75, 3.05) is 6.61 Å². The van der Waals surface area contributed by atoms with Gasteiger partial charge < -0.3 is 10.5 Å². The van der Waals surface area contributed by atoms with Crippen molar-refractivity contribution in [3.05, 3.63) is 33.9 Å². The summed E-state index contributed by atoms with van der Waals surface area (Å²) in [5.41, 5.74) is 5.09. The van der Waals surface area contributed by atoms with Crippen LogP contribution in [-0.4, -0.2) is 17.4 Å². The van der Waals surface area contributed by atoms with Crippen LogP contribution in [0.15, 0.2) is 18.2 Å². The van der Waals surface area contributed by atoms with Crippen molar-refractivity contribution in [3.63, 3.8) is 0 Å². The second-order valence-corrected chi connectivity index (χ2v) is 2.73. The maximum absolute atomic E-state index is 11.0. The highest BCUT2D eigenvalue weighted by molar-refractivity contribution is 5.96. The summed E-state index contributed by atoms with van der Waals surface area (Å²) in [6, 6.07) is 3.68. The second-order valence-electron chi connectivity index (χ2n) is 2.73. The van der Waals surface area contributed by atoms with E-state index in [9.17, 15) is 14.9 Å². The van der Waals surface area contributed by atoms with Gasteiger partial charge in [-0.3, -0.25) is 14.9 Å². The number of non-ortho nitro benzene ring substituents is 1. The van der Waals surface area contributed by atoms with Crippen molar-refractivity contribution < 1.29 is 14.5 Å². The lowest BCUT2D eigenvalue weighted by Gasteiger charge is -2.06. The van der Waals surface area contributed by atoms with Crippen molar-refractivity contribution in [2.45, 2.75) is 6.92 Å². The van der Waals surface area contributed by atoms with Gasteiger partial charge in [-0.15, -0.1) is 0 Å². The number of carbonyl (C=O) groups excluding carboxylic acids is 1. The number of hydrogen-bond donors (Lipinski definition) is 1. The molecule has 0 atom stereocenters. The molecule has 0 saturated carbocycles. The normalized spacial score (nSPS) is 9.67. The maximum atomic E-state index is 11.0. The number of primary amides is 1. The fourth-order valence-corrected chi connectivity index (χ4v) is 1.10. The lowest BCUT2D eigenvalue weighted by Crippen LogP contribution is -2.13. The minimum atomic E-state index is -0.673. The number of nitro groups is 1. The minimum Gasteiger partial charge on any atom is -0.493 e. The van der Waals surface area contributed by atoms with Gasteiger partial charge in [0.05, 0.1) is 23.2 Å². The van der Waals surface area contributed by atoms with E-state index in [-0.39, 0.29) is 17.0 Å². The Balaban J connectivity index is 3.20. The van der Waals surface area contributed by atoms with Gasteiger partial charge in [-0.2, -0.15) is 0 Å². The van der Waals surface area contributed by atoms with E-state index in [0.29, 0.717) is 6.61 Å². The average Bonchev–Trinajstić information content (AvgIpc) is 2.17. The molecular formula is C9H10N2O4. The molecule has 0 aliphatic carbocycles. The molecule has 0 aliphatic heterocycles. The van der Waals surface area contributed by atoms with Crippen molar-refractivity contribution in [3.8, 4) is 5.75 Å². The Hall–Kier alpha value is -2.11. The fraction of sp³-hybridized carbons (Fsp3) is 0.222. The average molecular weight is 210 g/mol. The monoisotopic (exact) mass is 210 g/mol. The lowest BCUT2D eigenvalue weighted by molar-refractivity contribution is -0.384. The van der Waals surface area contributed by atoms with Crippen LogP contribution in [0.1, 0.15) is 17.3 Å². The largest absolute Gasteiger partial charge is 0.493 e. The zero-order valence-electron chi connectivity index (χ0n) is 8.10. The van der Waals surface area contributed by atoms with Crippen LogP contribution in [-0.2, 0) is 0 Å². The van der Waals surface area contributed by atoms with Crippen LogP contribution in [0.3, 0.4) is 0 Å². The van der Waals surface area contributed by atoms with Gasteiger partial charge in [-0.25, -0.2) is 0 Å². The number of amides is 1.